The average molecular weight is 441 g/mol. The summed E-state index contributed by atoms with van der Waals surface area (Å²) in [4.78, 5) is 25.3. The van der Waals surface area contributed by atoms with Crippen molar-refractivity contribution in [3.63, 3.8) is 0 Å². The molecule has 0 aromatic heterocycles. The van der Waals surface area contributed by atoms with Crippen molar-refractivity contribution in [1.82, 2.24) is 5.01 Å². The van der Waals surface area contributed by atoms with Gasteiger partial charge in [-0.2, -0.15) is 10.1 Å². The van der Waals surface area contributed by atoms with Crippen LogP contribution in [0, 0.1) is 23.7 Å². The molecule has 5 nitrogen and oxygen atoms in total. The molecular formula is C23H18Cl2N2O3. The van der Waals surface area contributed by atoms with Crippen LogP contribution >= 0.6 is 23.2 Å². The van der Waals surface area contributed by atoms with Gasteiger partial charge in [-0.1, -0.05) is 41.4 Å². The Morgan fingerprint density at radius 3 is 2.30 bits per heavy atom. The van der Waals surface area contributed by atoms with Gasteiger partial charge in [-0.3, -0.25) is 9.59 Å². The molecule has 1 saturated heterocycles. The Bertz CT molecular complexity index is 1050. The first-order chi connectivity index (χ1) is 14.5. The number of rotatable bonds is 5. The average Bonchev–Trinajstić information content (AvgIpc) is 3.41. The van der Waals surface area contributed by atoms with Gasteiger partial charge in [0.25, 0.3) is 11.8 Å². The maximum Gasteiger partial charge on any atom is 0.254 e. The number of imide groups is 1. The molecule has 3 aliphatic rings. The smallest absolute Gasteiger partial charge is 0.254 e. The highest BCUT2D eigenvalue weighted by Crippen LogP contribution is 2.52. The Hall–Kier alpha value is -2.63. The summed E-state index contributed by atoms with van der Waals surface area (Å²) in [6, 6.07) is 12.5. The van der Waals surface area contributed by atoms with E-state index in [0.29, 0.717) is 22.4 Å². The second kappa shape index (κ2) is 7.56. The lowest BCUT2D eigenvalue weighted by atomic mass is 9.85. The van der Waals surface area contributed by atoms with E-state index in [1.54, 1.807) is 24.3 Å². The Balaban J connectivity index is 1.23. The molecule has 7 heteroatoms. The molecule has 1 aliphatic heterocycles. The summed E-state index contributed by atoms with van der Waals surface area (Å²) in [5, 5.41) is 6.37. The fraction of sp³-hybridized carbons (Fsp3) is 0.261. The number of fused-ring (bicyclic) bond motifs is 5. The lowest BCUT2D eigenvalue weighted by Crippen LogP contribution is -2.28. The van der Waals surface area contributed by atoms with Gasteiger partial charge in [0.05, 0.1) is 18.1 Å². The van der Waals surface area contributed by atoms with Crippen LogP contribution in [-0.4, -0.2) is 23.0 Å². The van der Waals surface area contributed by atoms with Gasteiger partial charge >= 0.3 is 0 Å². The fourth-order valence-corrected chi connectivity index (χ4v) is 5.04. The minimum Gasteiger partial charge on any atom is -0.489 e. The van der Waals surface area contributed by atoms with Crippen molar-refractivity contribution in [1.29, 1.82) is 0 Å². The third-order valence-electron chi connectivity index (χ3n) is 6.06. The van der Waals surface area contributed by atoms with Crippen LogP contribution in [0.25, 0.3) is 0 Å². The summed E-state index contributed by atoms with van der Waals surface area (Å²) in [7, 11) is 0. The SMILES string of the molecule is O=C1[C@H]2[C@H](C(=O)N1/N=C\c1ccc(OCc3ccc(Cl)cc3Cl)cc1)[C@H]1C=C[C@H]2C1. The molecule has 2 aliphatic carbocycles. The van der Waals surface area contributed by atoms with E-state index in [-0.39, 0.29) is 35.5 Å². The zero-order valence-electron chi connectivity index (χ0n) is 15.9. The number of nitrogens with zero attached hydrogens (tertiary/aromatic N) is 2. The van der Waals surface area contributed by atoms with E-state index >= 15 is 0 Å². The van der Waals surface area contributed by atoms with Gasteiger partial charge in [0, 0.05) is 15.6 Å². The number of benzene rings is 2. The zero-order chi connectivity index (χ0) is 20.8. The van der Waals surface area contributed by atoms with Crippen LogP contribution in [0.1, 0.15) is 17.5 Å². The molecule has 2 aromatic carbocycles. The minimum absolute atomic E-state index is 0.183. The number of carbonyl (C=O) groups excluding carboxylic acids is 2. The predicted molar refractivity (Wildman–Crippen MR) is 114 cm³/mol. The van der Waals surface area contributed by atoms with E-state index in [4.69, 9.17) is 27.9 Å². The molecular weight excluding hydrogens is 423 g/mol. The second-order valence-electron chi connectivity index (χ2n) is 7.83. The van der Waals surface area contributed by atoms with Crippen LogP contribution in [0.4, 0.5) is 0 Å². The van der Waals surface area contributed by atoms with Crippen molar-refractivity contribution < 1.29 is 14.3 Å². The lowest BCUT2D eigenvalue weighted by Gasteiger charge is -2.13. The molecule has 2 fully saturated rings. The highest BCUT2D eigenvalue weighted by molar-refractivity contribution is 6.35. The molecule has 30 heavy (non-hydrogen) atoms. The van der Waals surface area contributed by atoms with Crippen molar-refractivity contribution in [2.45, 2.75) is 13.0 Å². The van der Waals surface area contributed by atoms with Crippen LogP contribution in [0.3, 0.4) is 0 Å². The van der Waals surface area contributed by atoms with Gasteiger partial charge in [0.2, 0.25) is 0 Å². The summed E-state index contributed by atoms with van der Waals surface area (Å²) in [5.74, 6) is 0.198. The molecule has 2 amide bonds. The first-order valence-corrected chi connectivity index (χ1v) is 10.5. The first kappa shape index (κ1) is 19.3. The van der Waals surface area contributed by atoms with Gasteiger partial charge in [0.1, 0.15) is 12.4 Å². The van der Waals surface area contributed by atoms with Gasteiger partial charge in [-0.15, -0.1) is 0 Å². The summed E-state index contributed by atoms with van der Waals surface area (Å²) >= 11 is 12.1. The number of halogens is 2. The number of carbonyl (C=O) groups is 2. The summed E-state index contributed by atoms with van der Waals surface area (Å²) in [5.41, 5.74) is 1.61. The normalized spacial score (nSPS) is 26.8. The monoisotopic (exact) mass is 440 g/mol. The van der Waals surface area contributed by atoms with Gasteiger partial charge in [-0.25, -0.2) is 0 Å². The molecule has 1 heterocycles. The van der Waals surface area contributed by atoms with Crippen LogP contribution in [0.15, 0.2) is 59.7 Å². The van der Waals surface area contributed by atoms with E-state index in [1.165, 1.54) is 6.21 Å². The van der Waals surface area contributed by atoms with Gasteiger partial charge in [-0.05, 0) is 60.2 Å². The summed E-state index contributed by atoms with van der Waals surface area (Å²) in [6.45, 7) is 0.319. The Morgan fingerprint density at radius 1 is 1.00 bits per heavy atom. The largest absolute Gasteiger partial charge is 0.489 e. The molecule has 4 atom stereocenters. The first-order valence-electron chi connectivity index (χ1n) is 9.78. The molecule has 0 N–H and O–H groups in total. The quantitative estimate of drug-likeness (QED) is 0.384. The van der Waals surface area contributed by atoms with Crippen LogP contribution in [0.2, 0.25) is 10.0 Å². The van der Waals surface area contributed by atoms with Crippen LogP contribution in [-0.2, 0) is 16.2 Å². The summed E-state index contributed by atoms with van der Waals surface area (Å²) in [6.07, 6.45) is 6.58. The van der Waals surface area contributed by atoms with E-state index in [1.807, 2.05) is 18.2 Å². The molecule has 2 bridgehead atoms. The third-order valence-corrected chi connectivity index (χ3v) is 6.65. The molecule has 5 rings (SSSR count). The number of hydrogen-bond donors (Lipinski definition) is 0. The van der Waals surface area contributed by atoms with E-state index in [2.05, 4.69) is 17.3 Å². The van der Waals surface area contributed by atoms with E-state index < -0.39 is 0 Å². The maximum atomic E-state index is 12.6. The molecule has 0 radical (unpaired) electrons. The van der Waals surface area contributed by atoms with Crippen molar-refractivity contribution in [3.05, 3.63) is 75.8 Å². The Kier molecular flexibility index (Phi) is 4.88. The Morgan fingerprint density at radius 2 is 1.67 bits per heavy atom. The van der Waals surface area contributed by atoms with Crippen molar-refractivity contribution in [2.75, 3.05) is 0 Å². The highest BCUT2D eigenvalue weighted by Gasteiger charge is 2.59. The number of hydrogen-bond acceptors (Lipinski definition) is 4. The van der Waals surface area contributed by atoms with Crippen LogP contribution in [0.5, 0.6) is 5.75 Å². The molecule has 152 valence electrons. The predicted octanol–water partition coefficient (Wildman–Crippen LogP) is 4.71. The van der Waals surface area contributed by atoms with E-state index in [9.17, 15) is 9.59 Å². The van der Waals surface area contributed by atoms with Crippen molar-refractivity contribution >= 4 is 41.2 Å². The number of amides is 2. The standard InChI is InChI=1S/C23H18Cl2N2O3/c24-17-6-5-16(19(25)10-17)12-30-18-7-1-13(2-8-18)11-26-27-22(28)20-14-3-4-15(9-14)21(20)23(27)29/h1-8,10-11,14-15,20-21H,9,12H2/b26-11-/t14-,15-,20+,21+/m0/s1. The van der Waals surface area contributed by atoms with Crippen molar-refractivity contribution in [2.24, 2.45) is 28.8 Å². The fourth-order valence-electron chi connectivity index (χ4n) is 4.57. The second-order valence-corrected chi connectivity index (χ2v) is 8.67. The third kappa shape index (κ3) is 3.32. The molecule has 2 aromatic rings. The number of allylic oxidation sites excluding steroid dienone is 2. The van der Waals surface area contributed by atoms with E-state index in [0.717, 1.165) is 22.6 Å². The van der Waals surface area contributed by atoms with Crippen molar-refractivity contribution in [3.8, 4) is 5.75 Å². The zero-order valence-corrected chi connectivity index (χ0v) is 17.4. The topological polar surface area (TPSA) is 59.0 Å². The Labute approximate surface area is 183 Å². The number of hydrazone groups is 1. The number of ether oxygens (including phenoxy) is 1. The highest BCUT2D eigenvalue weighted by atomic mass is 35.5. The lowest BCUT2D eigenvalue weighted by molar-refractivity contribution is -0.140. The maximum absolute atomic E-state index is 12.6. The molecule has 0 spiro atoms. The molecule has 1 saturated carbocycles. The summed E-state index contributed by atoms with van der Waals surface area (Å²) < 4.78 is 5.76. The van der Waals surface area contributed by atoms with Gasteiger partial charge < -0.3 is 4.74 Å². The van der Waals surface area contributed by atoms with Gasteiger partial charge in [0.15, 0.2) is 0 Å². The molecule has 0 unspecified atom stereocenters. The minimum atomic E-state index is -0.236. The van der Waals surface area contributed by atoms with Crippen LogP contribution < -0.4 is 4.74 Å².